The number of carbonyl (C=O) groups is 1. The van der Waals surface area contributed by atoms with Gasteiger partial charge in [-0.25, -0.2) is 0 Å². The molecule has 0 heterocycles. The predicted octanol–water partition coefficient (Wildman–Crippen LogP) is -0.218. The predicted molar refractivity (Wildman–Crippen MR) is 59.3 cm³/mol. The van der Waals surface area contributed by atoms with Gasteiger partial charge in [0.25, 0.3) is 0 Å². The number of rotatable bonds is 7. The highest BCUT2D eigenvalue weighted by molar-refractivity contribution is 5.77. The molecule has 1 N–H and O–H groups in total. The molecule has 0 aliphatic carbocycles. The molecule has 82 valence electrons. The van der Waals surface area contributed by atoms with E-state index in [2.05, 4.69) is 11.9 Å². The molecule has 0 aliphatic rings. The van der Waals surface area contributed by atoms with Crippen molar-refractivity contribution in [2.45, 2.75) is 0 Å². The smallest absolute Gasteiger partial charge is 0.234 e. The second kappa shape index (κ2) is 7.53. The maximum absolute atomic E-state index is 11.3. The largest absolute Gasteiger partial charge is 0.354 e. The van der Waals surface area contributed by atoms with E-state index < -0.39 is 0 Å². The van der Waals surface area contributed by atoms with Crippen LogP contribution in [0.25, 0.3) is 0 Å². The number of nitrogens with zero attached hydrogens (tertiary/aromatic N) is 2. The third kappa shape index (κ3) is 7.76. The van der Waals surface area contributed by atoms with Gasteiger partial charge in [-0.05, 0) is 21.1 Å². The molecular weight excluding hydrogens is 178 g/mol. The first-order valence-corrected chi connectivity index (χ1v) is 4.77. The van der Waals surface area contributed by atoms with E-state index in [9.17, 15) is 4.79 Å². The first-order valence-electron chi connectivity index (χ1n) is 4.77. The van der Waals surface area contributed by atoms with Gasteiger partial charge in [-0.3, -0.25) is 9.69 Å². The van der Waals surface area contributed by atoms with Crippen LogP contribution in [0.4, 0.5) is 0 Å². The van der Waals surface area contributed by atoms with Crippen molar-refractivity contribution >= 4 is 5.91 Å². The summed E-state index contributed by atoms with van der Waals surface area (Å²) in [5.41, 5.74) is 0. The Bertz CT molecular complexity index is 180. The van der Waals surface area contributed by atoms with Crippen molar-refractivity contribution in [1.29, 1.82) is 0 Å². The van der Waals surface area contributed by atoms with Gasteiger partial charge in [0.15, 0.2) is 0 Å². The average molecular weight is 199 g/mol. The molecule has 0 unspecified atom stereocenters. The normalized spacial score (nSPS) is 10.6. The lowest BCUT2D eigenvalue weighted by atomic mass is 10.4. The minimum Gasteiger partial charge on any atom is -0.354 e. The van der Waals surface area contributed by atoms with Gasteiger partial charge in [0, 0.05) is 19.6 Å². The van der Waals surface area contributed by atoms with Crippen LogP contribution in [0.3, 0.4) is 0 Å². The standard InChI is InChI=1S/C10H21N3O/c1-5-7-13(4)9-10(14)11-6-8-12(2)3/h5H,1,6-9H2,2-4H3,(H,11,14). The van der Waals surface area contributed by atoms with Crippen LogP contribution in [-0.4, -0.2) is 63.0 Å². The fourth-order valence-electron chi connectivity index (χ4n) is 1.00. The molecule has 1 amide bonds. The van der Waals surface area contributed by atoms with Crippen LogP contribution in [0.1, 0.15) is 0 Å². The Morgan fingerprint density at radius 2 is 2.07 bits per heavy atom. The topological polar surface area (TPSA) is 35.6 Å². The molecule has 0 saturated heterocycles. The Balaban J connectivity index is 3.49. The van der Waals surface area contributed by atoms with E-state index in [1.165, 1.54) is 0 Å². The summed E-state index contributed by atoms with van der Waals surface area (Å²) in [6.45, 7) is 6.35. The maximum Gasteiger partial charge on any atom is 0.234 e. The molecule has 0 fully saturated rings. The highest BCUT2D eigenvalue weighted by Crippen LogP contribution is 1.82. The van der Waals surface area contributed by atoms with E-state index in [1.54, 1.807) is 6.08 Å². The monoisotopic (exact) mass is 199 g/mol. The van der Waals surface area contributed by atoms with Gasteiger partial charge in [0.1, 0.15) is 0 Å². The van der Waals surface area contributed by atoms with Gasteiger partial charge < -0.3 is 10.2 Å². The number of carbonyl (C=O) groups excluding carboxylic acids is 1. The van der Waals surface area contributed by atoms with Gasteiger partial charge in [0.2, 0.25) is 5.91 Å². The van der Waals surface area contributed by atoms with Gasteiger partial charge in [0.05, 0.1) is 6.54 Å². The molecule has 4 nitrogen and oxygen atoms in total. The lowest BCUT2D eigenvalue weighted by molar-refractivity contribution is -0.121. The zero-order valence-corrected chi connectivity index (χ0v) is 9.42. The number of hydrogen-bond donors (Lipinski definition) is 1. The van der Waals surface area contributed by atoms with Crippen molar-refractivity contribution in [2.75, 3.05) is 47.3 Å². The summed E-state index contributed by atoms with van der Waals surface area (Å²) < 4.78 is 0. The molecule has 0 aromatic heterocycles. The molecule has 4 heteroatoms. The molecule has 0 aromatic rings. The molecule has 0 aromatic carbocycles. The lowest BCUT2D eigenvalue weighted by Gasteiger charge is -2.15. The molecular formula is C10H21N3O. The van der Waals surface area contributed by atoms with Crippen LogP contribution in [0.2, 0.25) is 0 Å². The summed E-state index contributed by atoms with van der Waals surface area (Å²) in [4.78, 5) is 15.3. The van der Waals surface area contributed by atoms with Crippen molar-refractivity contribution < 1.29 is 4.79 Å². The maximum atomic E-state index is 11.3. The zero-order valence-electron chi connectivity index (χ0n) is 9.42. The molecule has 0 radical (unpaired) electrons. The van der Waals surface area contributed by atoms with Crippen molar-refractivity contribution in [2.24, 2.45) is 0 Å². The molecule has 0 bridgehead atoms. The first-order chi connectivity index (χ1) is 6.56. The number of nitrogens with one attached hydrogen (secondary N) is 1. The number of amides is 1. The quantitative estimate of drug-likeness (QED) is 0.576. The highest BCUT2D eigenvalue weighted by Gasteiger charge is 2.03. The summed E-state index contributed by atoms with van der Waals surface area (Å²) in [6.07, 6.45) is 1.78. The zero-order chi connectivity index (χ0) is 11.0. The lowest BCUT2D eigenvalue weighted by Crippen LogP contribution is -2.38. The molecule has 14 heavy (non-hydrogen) atoms. The first kappa shape index (κ1) is 13.1. The van der Waals surface area contributed by atoms with Crippen LogP contribution >= 0.6 is 0 Å². The van der Waals surface area contributed by atoms with E-state index in [0.717, 1.165) is 13.1 Å². The van der Waals surface area contributed by atoms with Gasteiger partial charge in [-0.1, -0.05) is 6.08 Å². The summed E-state index contributed by atoms with van der Waals surface area (Å²) in [6, 6.07) is 0. The van der Waals surface area contributed by atoms with Crippen LogP contribution < -0.4 is 5.32 Å². The third-order valence-electron chi connectivity index (χ3n) is 1.74. The Labute approximate surface area is 86.6 Å². The van der Waals surface area contributed by atoms with Crippen LogP contribution in [0, 0.1) is 0 Å². The fraction of sp³-hybridized carbons (Fsp3) is 0.700. The number of likely N-dealkylation sites (N-methyl/N-ethyl adjacent to an activating group) is 2. The summed E-state index contributed by atoms with van der Waals surface area (Å²) in [5.74, 6) is 0.0659. The summed E-state index contributed by atoms with van der Waals surface area (Å²) in [7, 11) is 5.86. The highest BCUT2D eigenvalue weighted by atomic mass is 16.2. The molecule has 0 atom stereocenters. The van der Waals surface area contributed by atoms with Crippen molar-refractivity contribution in [1.82, 2.24) is 15.1 Å². The summed E-state index contributed by atoms with van der Waals surface area (Å²) in [5, 5.41) is 2.85. The van der Waals surface area contributed by atoms with Crippen molar-refractivity contribution in [3.8, 4) is 0 Å². The SMILES string of the molecule is C=CCN(C)CC(=O)NCCN(C)C. The Morgan fingerprint density at radius 3 is 2.57 bits per heavy atom. The summed E-state index contributed by atoms with van der Waals surface area (Å²) >= 11 is 0. The Kier molecular flexibility index (Phi) is 7.06. The van der Waals surface area contributed by atoms with Gasteiger partial charge >= 0.3 is 0 Å². The molecule has 0 aliphatic heterocycles. The fourth-order valence-corrected chi connectivity index (χ4v) is 1.00. The van der Waals surface area contributed by atoms with Crippen LogP contribution in [0.15, 0.2) is 12.7 Å². The van der Waals surface area contributed by atoms with E-state index in [0.29, 0.717) is 13.1 Å². The third-order valence-corrected chi connectivity index (χ3v) is 1.74. The number of hydrogen-bond acceptors (Lipinski definition) is 3. The minimum atomic E-state index is 0.0659. The molecule has 0 rings (SSSR count). The van der Waals surface area contributed by atoms with E-state index >= 15 is 0 Å². The van der Waals surface area contributed by atoms with Crippen molar-refractivity contribution in [3.63, 3.8) is 0 Å². The van der Waals surface area contributed by atoms with Gasteiger partial charge in [-0.15, -0.1) is 6.58 Å². The van der Waals surface area contributed by atoms with Gasteiger partial charge in [-0.2, -0.15) is 0 Å². The van der Waals surface area contributed by atoms with E-state index in [4.69, 9.17) is 0 Å². The molecule has 0 spiro atoms. The Hall–Kier alpha value is -0.870. The second-order valence-electron chi connectivity index (χ2n) is 3.64. The van der Waals surface area contributed by atoms with E-state index in [-0.39, 0.29) is 5.91 Å². The second-order valence-corrected chi connectivity index (χ2v) is 3.64. The van der Waals surface area contributed by atoms with Crippen molar-refractivity contribution in [3.05, 3.63) is 12.7 Å². The minimum absolute atomic E-state index is 0.0659. The van der Waals surface area contributed by atoms with Crippen LogP contribution in [0.5, 0.6) is 0 Å². The average Bonchev–Trinajstić information content (AvgIpc) is 2.03. The Morgan fingerprint density at radius 1 is 1.43 bits per heavy atom. The van der Waals surface area contributed by atoms with E-state index in [1.807, 2.05) is 30.9 Å². The van der Waals surface area contributed by atoms with Crippen LogP contribution in [-0.2, 0) is 4.79 Å². The molecule has 0 saturated carbocycles.